The lowest BCUT2D eigenvalue weighted by Gasteiger charge is -2.23. The first-order valence-electron chi connectivity index (χ1n) is 9.89. The average molecular weight is 451 g/mol. The molecule has 2 aromatic carbocycles. The van der Waals surface area contributed by atoms with E-state index in [2.05, 4.69) is 4.98 Å². The van der Waals surface area contributed by atoms with Crippen molar-refractivity contribution in [2.24, 2.45) is 0 Å². The molecule has 1 N–H and O–H groups in total. The van der Waals surface area contributed by atoms with Crippen LogP contribution in [0.5, 0.6) is 11.5 Å². The maximum absolute atomic E-state index is 13.2. The van der Waals surface area contributed by atoms with Crippen LogP contribution in [-0.4, -0.2) is 36.0 Å². The maximum atomic E-state index is 13.2. The van der Waals surface area contributed by atoms with Crippen LogP contribution in [0.3, 0.4) is 0 Å². The Kier molecular flexibility index (Phi) is 5.71. The molecule has 1 aliphatic heterocycles. The molecule has 3 aromatic rings. The van der Waals surface area contributed by atoms with Gasteiger partial charge in [0.25, 0.3) is 5.78 Å². The number of thiazole rings is 1. The highest BCUT2D eigenvalue weighted by Crippen LogP contribution is 2.45. The van der Waals surface area contributed by atoms with Gasteiger partial charge >= 0.3 is 5.91 Å². The second kappa shape index (κ2) is 8.47. The number of carbonyl (C=O) groups is 2. The van der Waals surface area contributed by atoms with Gasteiger partial charge in [-0.15, -0.1) is 11.3 Å². The molecule has 1 atom stereocenters. The van der Waals surface area contributed by atoms with Crippen LogP contribution in [0.1, 0.15) is 27.7 Å². The SMILES string of the molecule is COc1ccc([C@H]2/C(=C(\O)c3ccccc3)C(=O)C(=O)N2c2nc(C)c(C)s2)cc1OC. The molecule has 0 saturated carbocycles. The number of hydrogen-bond donors (Lipinski definition) is 1. The fraction of sp³-hybridized carbons (Fsp3) is 0.208. The number of aryl methyl sites for hydroxylation is 2. The van der Waals surface area contributed by atoms with E-state index in [0.717, 1.165) is 10.6 Å². The van der Waals surface area contributed by atoms with E-state index in [1.165, 1.54) is 30.5 Å². The molecule has 1 saturated heterocycles. The Morgan fingerprint density at radius 3 is 2.31 bits per heavy atom. The van der Waals surface area contributed by atoms with E-state index < -0.39 is 17.7 Å². The lowest BCUT2D eigenvalue weighted by atomic mass is 9.95. The molecule has 2 heterocycles. The fourth-order valence-electron chi connectivity index (χ4n) is 3.68. The summed E-state index contributed by atoms with van der Waals surface area (Å²) in [6, 6.07) is 13.0. The minimum Gasteiger partial charge on any atom is -0.507 e. The van der Waals surface area contributed by atoms with E-state index in [4.69, 9.17) is 9.47 Å². The average Bonchev–Trinajstić information content (AvgIpc) is 3.28. The Morgan fingerprint density at radius 2 is 1.72 bits per heavy atom. The third kappa shape index (κ3) is 3.52. The van der Waals surface area contributed by atoms with Crippen molar-refractivity contribution < 1.29 is 24.2 Å². The number of ether oxygens (including phenoxy) is 2. The molecule has 32 heavy (non-hydrogen) atoms. The number of aromatic nitrogens is 1. The molecular weight excluding hydrogens is 428 g/mol. The number of hydrogen-bond acceptors (Lipinski definition) is 7. The van der Waals surface area contributed by atoms with Crippen molar-refractivity contribution in [1.29, 1.82) is 0 Å². The predicted octanol–water partition coefficient (Wildman–Crippen LogP) is 4.40. The van der Waals surface area contributed by atoms with Crippen LogP contribution < -0.4 is 14.4 Å². The van der Waals surface area contributed by atoms with Crippen molar-refractivity contribution >= 4 is 33.9 Å². The highest BCUT2D eigenvalue weighted by molar-refractivity contribution is 7.16. The van der Waals surface area contributed by atoms with Gasteiger partial charge in [-0.05, 0) is 31.5 Å². The predicted molar refractivity (Wildman–Crippen MR) is 122 cm³/mol. The number of rotatable bonds is 5. The zero-order valence-corrected chi connectivity index (χ0v) is 18.9. The Hall–Kier alpha value is -3.65. The van der Waals surface area contributed by atoms with E-state index in [1.807, 2.05) is 19.9 Å². The Bertz CT molecular complexity index is 1210. The maximum Gasteiger partial charge on any atom is 0.301 e. The van der Waals surface area contributed by atoms with Crippen LogP contribution in [0.25, 0.3) is 5.76 Å². The molecule has 164 valence electrons. The largest absolute Gasteiger partial charge is 0.507 e. The van der Waals surface area contributed by atoms with E-state index >= 15 is 0 Å². The van der Waals surface area contributed by atoms with Crippen molar-refractivity contribution in [3.63, 3.8) is 0 Å². The molecule has 0 radical (unpaired) electrons. The molecule has 0 spiro atoms. The highest BCUT2D eigenvalue weighted by atomic mass is 32.1. The van der Waals surface area contributed by atoms with E-state index in [-0.39, 0.29) is 11.3 Å². The molecular formula is C24H22N2O5S. The number of amides is 1. The number of nitrogens with zero attached hydrogens (tertiary/aromatic N) is 2. The van der Waals surface area contributed by atoms with Gasteiger partial charge in [0.05, 0.1) is 31.5 Å². The summed E-state index contributed by atoms with van der Waals surface area (Å²) in [6.45, 7) is 3.75. The third-order valence-electron chi connectivity index (χ3n) is 5.44. The van der Waals surface area contributed by atoms with Gasteiger partial charge in [0.2, 0.25) is 0 Å². The summed E-state index contributed by atoms with van der Waals surface area (Å²) >= 11 is 1.32. The summed E-state index contributed by atoms with van der Waals surface area (Å²) in [6.07, 6.45) is 0. The molecule has 1 amide bonds. The van der Waals surface area contributed by atoms with E-state index in [1.54, 1.807) is 42.5 Å². The lowest BCUT2D eigenvalue weighted by Crippen LogP contribution is -2.29. The van der Waals surface area contributed by atoms with Crippen LogP contribution in [0.2, 0.25) is 0 Å². The van der Waals surface area contributed by atoms with Gasteiger partial charge in [0.15, 0.2) is 16.6 Å². The summed E-state index contributed by atoms with van der Waals surface area (Å²) in [5.74, 6) is -0.789. The second-order valence-corrected chi connectivity index (χ2v) is 8.47. The van der Waals surface area contributed by atoms with Gasteiger partial charge < -0.3 is 14.6 Å². The highest BCUT2D eigenvalue weighted by Gasteiger charge is 2.48. The summed E-state index contributed by atoms with van der Waals surface area (Å²) in [5, 5.41) is 11.5. The standard InChI is InChI=1S/C24H22N2O5S/c1-13-14(2)32-24(25-13)26-20(16-10-11-17(30-3)18(12-16)31-4)19(22(28)23(26)29)21(27)15-8-6-5-7-9-15/h5-12,20,27H,1-4H3/b21-19+/t20-/m0/s1. The van der Waals surface area contributed by atoms with Crippen LogP contribution in [-0.2, 0) is 9.59 Å². The first-order valence-corrected chi connectivity index (χ1v) is 10.7. The number of aliphatic hydroxyl groups is 1. The van der Waals surface area contributed by atoms with Gasteiger partial charge in [0.1, 0.15) is 5.76 Å². The summed E-state index contributed by atoms with van der Waals surface area (Å²) in [5.41, 5.74) is 1.81. The zero-order chi connectivity index (χ0) is 23.0. The van der Waals surface area contributed by atoms with Crippen LogP contribution >= 0.6 is 11.3 Å². The molecule has 0 aliphatic carbocycles. The van der Waals surface area contributed by atoms with Gasteiger partial charge in [-0.25, -0.2) is 4.98 Å². The van der Waals surface area contributed by atoms with E-state index in [9.17, 15) is 14.7 Å². The van der Waals surface area contributed by atoms with E-state index in [0.29, 0.717) is 27.8 Å². The molecule has 0 bridgehead atoms. The molecule has 1 aromatic heterocycles. The van der Waals surface area contributed by atoms with Crippen molar-refractivity contribution in [3.8, 4) is 11.5 Å². The van der Waals surface area contributed by atoms with Crippen molar-refractivity contribution in [2.75, 3.05) is 19.1 Å². The van der Waals surface area contributed by atoms with Crippen LogP contribution in [0, 0.1) is 13.8 Å². The Morgan fingerprint density at radius 1 is 1.03 bits per heavy atom. The topological polar surface area (TPSA) is 89.0 Å². The molecule has 8 heteroatoms. The van der Waals surface area contributed by atoms with Gasteiger partial charge in [-0.2, -0.15) is 0 Å². The number of benzene rings is 2. The third-order valence-corrected chi connectivity index (χ3v) is 6.51. The quantitative estimate of drug-likeness (QED) is 0.352. The fourth-order valence-corrected chi connectivity index (χ4v) is 4.61. The summed E-state index contributed by atoms with van der Waals surface area (Å²) in [4.78, 5) is 33.1. The number of ketones is 1. The van der Waals surface area contributed by atoms with Gasteiger partial charge in [-0.3, -0.25) is 14.5 Å². The Labute approximate surface area is 189 Å². The van der Waals surface area contributed by atoms with Gasteiger partial charge in [-0.1, -0.05) is 36.4 Å². The number of Topliss-reactive ketones (excluding diaryl/α,β-unsaturated/α-hetero) is 1. The lowest BCUT2D eigenvalue weighted by molar-refractivity contribution is -0.132. The number of methoxy groups -OCH3 is 2. The number of anilines is 1. The number of aliphatic hydroxyl groups excluding tert-OH is 1. The van der Waals surface area contributed by atoms with Crippen LogP contribution in [0.15, 0.2) is 54.1 Å². The normalized spacial score (nSPS) is 17.6. The smallest absolute Gasteiger partial charge is 0.301 e. The minimum absolute atomic E-state index is 0.000994. The monoisotopic (exact) mass is 450 g/mol. The minimum atomic E-state index is -0.875. The number of carbonyl (C=O) groups excluding carboxylic acids is 2. The van der Waals surface area contributed by atoms with Crippen molar-refractivity contribution in [2.45, 2.75) is 19.9 Å². The zero-order valence-electron chi connectivity index (χ0n) is 18.1. The molecule has 7 nitrogen and oxygen atoms in total. The summed E-state index contributed by atoms with van der Waals surface area (Å²) < 4.78 is 10.8. The van der Waals surface area contributed by atoms with Gasteiger partial charge in [0, 0.05) is 10.4 Å². The van der Waals surface area contributed by atoms with Crippen LogP contribution in [0.4, 0.5) is 5.13 Å². The molecule has 0 unspecified atom stereocenters. The second-order valence-electron chi connectivity index (χ2n) is 7.29. The first kappa shape index (κ1) is 21.6. The Balaban J connectivity index is 1.97. The molecule has 1 fully saturated rings. The molecule has 4 rings (SSSR count). The van der Waals surface area contributed by atoms with Crippen molar-refractivity contribution in [3.05, 3.63) is 75.8 Å². The van der Waals surface area contributed by atoms with Crippen molar-refractivity contribution in [1.82, 2.24) is 4.98 Å². The summed E-state index contributed by atoms with van der Waals surface area (Å²) in [7, 11) is 3.04. The molecule has 1 aliphatic rings. The first-order chi connectivity index (χ1) is 15.4.